The summed E-state index contributed by atoms with van der Waals surface area (Å²) in [5, 5.41) is 0. The molecule has 1 heterocycles. The van der Waals surface area contributed by atoms with Crippen LogP contribution in [0.1, 0.15) is 20.3 Å². The van der Waals surface area contributed by atoms with Gasteiger partial charge in [0.1, 0.15) is 0 Å². The van der Waals surface area contributed by atoms with Crippen LogP contribution in [-0.2, 0) is 4.74 Å². The van der Waals surface area contributed by atoms with Crippen LogP contribution in [0.25, 0.3) is 0 Å². The van der Waals surface area contributed by atoms with E-state index in [4.69, 9.17) is 16.3 Å². The van der Waals surface area contributed by atoms with Crippen molar-refractivity contribution in [2.24, 2.45) is 11.8 Å². The summed E-state index contributed by atoms with van der Waals surface area (Å²) in [6, 6.07) is 0. The average Bonchev–Trinajstić information content (AvgIpc) is 1.95. The molecule has 1 aliphatic heterocycles. The fourth-order valence-corrected chi connectivity index (χ4v) is 1.49. The molecule has 0 radical (unpaired) electrons. The zero-order chi connectivity index (χ0) is 7.56. The number of hydrogen-bond donors (Lipinski definition) is 0. The number of hydrogen-bond acceptors (Lipinski definition) is 1. The van der Waals surface area contributed by atoms with Crippen LogP contribution >= 0.6 is 11.6 Å². The molecule has 0 aromatic rings. The molecule has 1 rings (SSSR count). The third kappa shape index (κ3) is 1.86. The highest BCUT2D eigenvalue weighted by Gasteiger charge is 2.23. The van der Waals surface area contributed by atoms with Gasteiger partial charge in [0.15, 0.2) is 0 Å². The molecule has 0 aliphatic carbocycles. The van der Waals surface area contributed by atoms with Gasteiger partial charge in [-0.3, -0.25) is 0 Å². The van der Waals surface area contributed by atoms with E-state index in [0.29, 0.717) is 17.9 Å². The normalized spacial score (nSPS) is 41.7. The van der Waals surface area contributed by atoms with E-state index in [0.717, 1.165) is 18.9 Å². The molecular formula is C8H15ClO. The van der Waals surface area contributed by atoms with Crippen molar-refractivity contribution < 1.29 is 4.74 Å². The summed E-state index contributed by atoms with van der Waals surface area (Å²) < 4.78 is 5.48. The van der Waals surface area contributed by atoms with Gasteiger partial charge in [0.2, 0.25) is 0 Å². The van der Waals surface area contributed by atoms with Crippen LogP contribution in [0, 0.1) is 11.8 Å². The van der Waals surface area contributed by atoms with Crippen molar-refractivity contribution in [1.82, 2.24) is 0 Å². The first kappa shape index (κ1) is 8.35. The van der Waals surface area contributed by atoms with Crippen LogP contribution in [0.15, 0.2) is 0 Å². The molecular weight excluding hydrogens is 148 g/mol. The third-order valence-electron chi connectivity index (χ3n) is 2.37. The molecule has 3 atom stereocenters. The van der Waals surface area contributed by atoms with Crippen molar-refractivity contribution in [3.8, 4) is 0 Å². The Kier molecular flexibility index (Phi) is 2.99. The van der Waals surface area contributed by atoms with Crippen LogP contribution in [0.2, 0.25) is 0 Å². The molecule has 1 nitrogen and oxygen atoms in total. The van der Waals surface area contributed by atoms with Crippen LogP contribution in [-0.4, -0.2) is 18.6 Å². The first-order valence-electron chi connectivity index (χ1n) is 3.91. The van der Waals surface area contributed by atoms with E-state index in [2.05, 4.69) is 13.8 Å². The number of rotatable bonds is 1. The Morgan fingerprint density at radius 2 is 2.10 bits per heavy atom. The van der Waals surface area contributed by atoms with E-state index in [1.54, 1.807) is 0 Å². The van der Waals surface area contributed by atoms with Gasteiger partial charge in [-0.25, -0.2) is 0 Å². The maximum Gasteiger partial charge on any atom is 0.0713 e. The third-order valence-corrected chi connectivity index (χ3v) is 2.72. The lowest BCUT2D eigenvalue weighted by atomic mass is 9.89. The van der Waals surface area contributed by atoms with E-state index >= 15 is 0 Å². The fourth-order valence-electron chi connectivity index (χ4n) is 1.27. The predicted molar refractivity (Wildman–Crippen MR) is 43.4 cm³/mol. The molecule has 60 valence electrons. The monoisotopic (exact) mass is 162 g/mol. The molecule has 1 saturated heterocycles. The maximum absolute atomic E-state index is 5.67. The summed E-state index contributed by atoms with van der Waals surface area (Å²) in [4.78, 5) is 0. The van der Waals surface area contributed by atoms with E-state index in [1.165, 1.54) is 0 Å². The largest absolute Gasteiger partial charge is 0.377 e. The summed E-state index contributed by atoms with van der Waals surface area (Å²) in [6.45, 7) is 5.39. The highest BCUT2D eigenvalue weighted by Crippen LogP contribution is 2.25. The molecule has 0 aromatic carbocycles. The van der Waals surface area contributed by atoms with Crippen LogP contribution < -0.4 is 0 Å². The lowest BCUT2D eigenvalue weighted by molar-refractivity contribution is -0.0245. The molecule has 0 saturated carbocycles. The lowest BCUT2D eigenvalue weighted by Gasteiger charge is -2.31. The maximum atomic E-state index is 5.67. The smallest absolute Gasteiger partial charge is 0.0713 e. The van der Waals surface area contributed by atoms with Gasteiger partial charge in [0.05, 0.1) is 6.10 Å². The Morgan fingerprint density at radius 3 is 2.60 bits per heavy atom. The Bertz CT molecular complexity index is 105. The van der Waals surface area contributed by atoms with Gasteiger partial charge in [-0.15, -0.1) is 11.6 Å². The first-order chi connectivity index (χ1) is 4.74. The standard InChI is InChI=1S/C8H15ClO/c1-6-3-8(4-9)10-5-7(6)2/h6-8H,3-5H2,1-2H3. The molecule has 2 heteroatoms. The van der Waals surface area contributed by atoms with Crippen LogP contribution in [0.3, 0.4) is 0 Å². The fraction of sp³-hybridized carbons (Fsp3) is 1.00. The van der Waals surface area contributed by atoms with Crippen molar-refractivity contribution in [3.05, 3.63) is 0 Å². The second-order valence-corrected chi connectivity index (χ2v) is 3.61. The minimum absolute atomic E-state index is 0.313. The summed E-state index contributed by atoms with van der Waals surface area (Å²) in [5.41, 5.74) is 0. The van der Waals surface area contributed by atoms with Gasteiger partial charge in [-0.1, -0.05) is 13.8 Å². The van der Waals surface area contributed by atoms with Crippen molar-refractivity contribution >= 4 is 11.6 Å². The second kappa shape index (κ2) is 3.59. The van der Waals surface area contributed by atoms with Gasteiger partial charge < -0.3 is 4.74 Å². The van der Waals surface area contributed by atoms with Crippen LogP contribution in [0.4, 0.5) is 0 Å². The Labute approximate surface area is 67.7 Å². The molecule has 0 aromatic heterocycles. The number of alkyl halides is 1. The summed E-state index contributed by atoms with van der Waals surface area (Å²) in [5.74, 6) is 2.13. The minimum Gasteiger partial charge on any atom is -0.377 e. The zero-order valence-electron chi connectivity index (χ0n) is 6.64. The molecule has 1 aliphatic rings. The quantitative estimate of drug-likeness (QED) is 0.538. The highest BCUT2D eigenvalue weighted by atomic mass is 35.5. The van der Waals surface area contributed by atoms with Gasteiger partial charge >= 0.3 is 0 Å². The van der Waals surface area contributed by atoms with Gasteiger partial charge in [0, 0.05) is 12.5 Å². The van der Waals surface area contributed by atoms with Crippen molar-refractivity contribution in [3.63, 3.8) is 0 Å². The summed E-state index contributed by atoms with van der Waals surface area (Å²) >= 11 is 5.67. The first-order valence-corrected chi connectivity index (χ1v) is 4.45. The van der Waals surface area contributed by atoms with Crippen molar-refractivity contribution in [2.75, 3.05) is 12.5 Å². The zero-order valence-corrected chi connectivity index (χ0v) is 7.40. The molecule has 1 fully saturated rings. The average molecular weight is 163 g/mol. The minimum atomic E-state index is 0.313. The van der Waals surface area contributed by atoms with Gasteiger partial charge in [-0.2, -0.15) is 0 Å². The second-order valence-electron chi connectivity index (χ2n) is 3.30. The van der Waals surface area contributed by atoms with Crippen molar-refractivity contribution in [2.45, 2.75) is 26.4 Å². The summed E-state index contributed by atoms with van der Waals surface area (Å²) in [7, 11) is 0. The molecule has 0 spiro atoms. The van der Waals surface area contributed by atoms with Crippen molar-refractivity contribution in [1.29, 1.82) is 0 Å². The predicted octanol–water partition coefficient (Wildman–Crippen LogP) is 2.29. The topological polar surface area (TPSA) is 9.23 Å². The number of ether oxygens (including phenoxy) is 1. The van der Waals surface area contributed by atoms with E-state index in [9.17, 15) is 0 Å². The molecule has 0 amide bonds. The van der Waals surface area contributed by atoms with Gasteiger partial charge in [0.25, 0.3) is 0 Å². The van der Waals surface area contributed by atoms with Gasteiger partial charge in [-0.05, 0) is 18.3 Å². The molecule has 10 heavy (non-hydrogen) atoms. The Morgan fingerprint density at radius 1 is 1.40 bits per heavy atom. The van der Waals surface area contributed by atoms with E-state index in [1.807, 2.05) is 0 Å². The molecule has 0 bridgehead atoms. The Hall–Kier alpha value is 0.250. The SMILES string of the molecule is CC1COC(CCl)CC1C. The molecule has 0 N–H and O–H groups in total. The molecule has 3 unspecified atom stereocenters. The Balaban J connectivity index is 2.33. The highest BCUT2D eigenvalue weighted by molar-refractivity contribution is 6.18. The van der Waals surface area contributed by atoms with E-state index in [-0.39, 0.29) is 0 Å². The van der Waals surface area contributed by atoms with Crippen LogP contribution in [0.5, 0.6) is 0 Å². The lowest BCUT2D eigenvalue weighted by Crippen LogP contribution is -2.31. The summed E-state index contributed by atoms with van der Waals surface area (Å²) in [6.07, 6.45) is 1.44. The number of halogens is 1. The van der Waals surface area contributed by atoms with E-state index < -0.39 is 0 Å².